The van der Waals surface area contributed by atoms with Gasteiger partial charge in [-0.2, -0.15) is 0 Å². The quantitative estimate of drug-likeness (QED) is 0.760. The molecule has 0 unspecified atom stereocenters. The largest absolute Gasteiger partial charge is 0.348 e. The van der Waals surface area contributed by atoms with Gasteiger partial charge in [0.15, 0.2) is 0 Å². The average Bonchev–Trinajstić information content (AvgIpc) is 3.23. The van der Waals surface area contributed by atoms with Crippen LogP contribution in [0.25, 0.3) is 0 Å². The third-order valence-corrected chi connectivity index (χ3v) is 5.00. The summed E-state index contributed by atoms with van der Waals surface area (Å²) < 4.78 is 0. The van der Waals surface area contributed by atoms with Crippen molar-refractivity contribution in [2.75, 3.05) is 5.32 Å². The van der Waals surface area contributed by atoms with Gasteiger partial charge in [-0.15, -0.1) is 0 Å². The van der Waals surface area contributed by atoms with Crippen LogP contribution in [0.3, 0.4) is 0 Å². The Hall–Kier alpha value is -2.95. The van der Waals surface area contributed by atoms with E-state index in [0.29, 0.717) is 23.7 Å². The predicted molar refractivity (Wildman–Crippen MR) is 106 cm³/mol. The van der Waals surface area contributed by atoms with Gasteiger partial charge in [0, 0.05) is 30.7 Å². The molecule has 5 heteroatoms. The summed E-state index contributed by atoms with van der Waals surface area (Å²) in [6.45, 7) is 2.40. The second kappa shape index (κ2) is 9.12. The maximum atomic E-state index is 12.3. The van der Waals surface area contributed by atoms with Crippen molar-refractivity contribution in [1.82, 2.24) is 10.3 Å². The van der Waals surface area contributed by atoms with Crippen molar-refractivity contribution in [3.8, 4) is 0 Å². The van der Waals surface area contributed by atoms with Crippen molar-refractivity contribution >= 4 is 17.5 Å². The molecule has 2 N–H and O–H groups in total. The van der Waals surface area contributed by atoms with Gasteiger partial charge in [-0.05, 0) is 49.4 Å². The van der Waals surface area contributed by atoms with Crippen molar-refractivity contribution in [3.63, 3.8) is 0 Å². The lowest BCUT2D eigenvalue weighted by Crippen LogP contribution is -2.22. The van der Waals surface area contributed by atoms with E-state index >= 15 is 0 Å². The van der Waals surface area contributed by atoms with E-state index in [0.717, 1.165) is 11.1 Å². The second-order valence-corrected chi connectivity index (χ2v) is 6.94. The number of amides is 2. The molecule has 1 aromatic heterocycles. The number of para-hydroxylation sites is 1. The van der Waals surface area contributed by atoms with E-state index in [1.807, 2.05) is 31.2 Å². The minimum absolute atomic E-state index is 0.0900. The van der Waals surface area contributed by atoms with Crippen LogP contribution in [0.15, 0.2) is 60.4 Å². The zero-order valence-electron chi connectivity index (χ0n) is 15.6. The fraction of sp³-hybridized carbons (Fsp3) is 0.318. The maximum Gasteiger partial charge on any atom is 0.257 e. The number of anilines is 1. The highest BCUT2D eigenvalue weighted by molar-refractivity contribution is 6.04. The molecule has 2 amide bonds. The van der Waals surface area contributed by atoms with Crippen LogP contribution in [0.2, 0.25) is 0 Å². The Balaban J connectivity index is 1.61. The first kappa shape index (κ1) is 18.8. The SMILES string of the molecule is C/C(=C\C(=O)NCc1ccccc1NC(=O)c1cccnc1)C1CCCC1. The minimum atomic E-state index is -0.223. The van der Waals surface area contributed by atoms with E-state index in [1.54, 1.807) is 24.4 Å². The number of allylic oxidation sites excluding steroid dienone is 1. The summed E-state index contributed by atoms with van der Waals surface area (Å²) in [4.78, 5) is 28.6. The van der Waals surface area contributed by atoms with E-state index in [-0.39, 0.29) is 11.8 Å². The Morgan fingerprint density at radius 2 is 1.93 bits per heavy atom. The van der Waals surface area contributed by atoms with Gasteiger partial charge in [0.25, 0.3) is 5.91 Å². The number of nitrogens with zero attached hydrogens (tertiary/aromatic N) is 1. The molecule has 1 saturated carbocycles. The van der Waals surface area contributed by atoms with Crippen LogP contribution in [-0.4, -0.2) is 16.8 Å². The highest BCUT2D eigenvalue weighted by atomic mass is 16.2. The minimum Gasteiger partial charge on any atom is -0.348 e. The fourth-order valence-electron chi connectivity index (χ4n) is 3.43. The molecule has 0 bridgehead atoms. The third-order valence-electron chi connectivity index (χ3n) is 5.00. The normalized spacial score (nSPS) is 14.8. The van der Waals surface area contributed by atoms with Crippen LogP contribution >= 0.6 is 0 Å². The van der Waals surface area contributed by atoms with Crippen LogP contribution in [0, 0.1) is 5.92 Å². The van der Waals surface area contributed by atoms with E-state index in [2.05, 4.69) is 15.6 Å². The van der Waals surface area contributed by atoms with Gasteiger partial charge in [-0.1, -0.05) is 36.6 Å². The summed E-state index contributed by atoms with van der Waals surface area (Å²) in [6.07, 6.45) is 9.73. The van der Waals surface area contributed by atoms with Crippen molar-refractivity contribution in [3.05, 3.63) is 71.6 Å². The first-order chi connectivity index (χ1) is 13.1. The molecule has 0 atom stereocenters. The molecule has 1 aliphatic rings. The second-order valence-electron chi connectivity index (χ2n) is 6.94. The Labute approximate surface area is 159 Å². The van der Waals surface area contributed by atoms with Gasteiger partial charge in [-0.3, -0.25) is 14.6 Å². The highest BCUT2D eigenvalue weighted by Gasteiger charge is 2.17. The molecule has 0 saturated heterocycles. The zero-order valence-corrected chi connectivity index (χ0v) is 15.6. The summed E-state index contributed by atoms with van der Waals surface area (Å²) in [5.74, 6) is 0.230. The molecular formula is C22H25N3O2. The number of hydrogen-bond donors (Lipinski definition) is 2. The average molecular weight is 363 g/mol. The van der Waals surface area contributed by atoms with Crippen molar-refractivity contribution < 1.29 is 9.59 Å². The lowest BCUT2D eigenvalue weighted by Gasteiger charge is -2.12. The lowest BCUT2D eigenvalue weighted by atomic mass is 9.99. The van der Waals surface area contributed by atoms with Gasteiger partial charge in [0.2, 0.25) is 5.91 Å². The summed E-state index contributed by atoms with van der Waals surface area (Å²) >= 11 is 0. The first-order valence-electron chi connectivity index (χ1n) is 9.39. The van der Waals surface area contributed by atoms with Gasteiger partial charge >= 0.3 is 0 Å². The number of rotatable bonds is 6. The van der Waals surface area contributed by atoms with Crippen LogP contribution in [-0.2, 0) is 11.3 Å². The Morgan fingerprint density at radius 1 is 1.15 bits per heavy atom. The molecule has 1 aromatic carbocycles. The molecule has 5 nitrogen and oxygen atoms in total. The van der Waals surface area contributed by atoms with E-state index in [1.165, 1.54) is 31.9 Å². The number of pyridine rings is 1. The van der Waals surface area contributed by atoms with E-state index in [9.17, 15) is 9.59 Å². The molecule has 0 aliphatic heterocycles. The van der Waals surface area contributed by atoms with E-state index in [4.69, 9.17) is 0 Å². The van der Waals surface area contributed by atoms with Crippen LogP contribution < -0.4 is 10.6 Å². The smallest absolute Gasteiger partial charge is 0.257 e. The molecule has 27 heavy (non-hydrogen) atoms. The molecule has 0 spiro atoms. The van der Waals surface area contributed by atoms with Gasteiger partial charge in [-0.25, -0.2) is 0 Å². The number of hydrogen-bond acceptors (Lipinski definition) is 3. The molecule has 3 rings (SSSR count). The number of nitrogens with one attached hydrogen (secondary N) is 2. The van der Waals surface area contributed by atoms with Gasteiger partial charge < -0.3 is 10.6 Å². The zero-order chi connectivity index (χ0) is 19.1. The summed E-state index contributed by atoms with van der Waals surface area (Å²) in [6, 6.07) is 10.9. The van der Waals surface area contributed by atoms with Crippen LogP contribution in [0.1, 0.15) is 48.5 Å². The molecule has 0 radical (unpaired) electrons. The predicted octanol–water partition coefficient (Wildman–Crippen LogP) is 4.09. The summed E-state index contributed by atoms with van der Waals surface area (Å²) in [5.41, 5.74) is 3.19. The Morgan fingerprint density at radius 3 is 2.67 bits per heavy atom. The molecule has 140 valence electrons. The standard InChI is InChI=1S/C22H25N3O2/c1-16(17-7-2-3-8-17)13-21(26)24-15-18-9-4-5-11-20(18)25-22(27)19-10-6-12-23-14-19/h4-6,9-14,17H,2-3,7-8,15H2,1H3,(H,24,26)(H,25,27)/b16-13+. The molecule has 1 aliphatic carbocycles. The monoisotopic (exact) mass is 363 g/mol. The van der Waals surface area contributed by atoms with Crippen LogP contribution in [0.5, 0.6) is 0 Å². The lowest BCUT2D eigenvalue weighted by molar-refractivity contribution is -0.116. The maximum absolute atomic E-state index is 12.3. The highest BCUT2D eigenvalue weighted by Crippen LogP contribution is 2.30. The first-order valence-corrected chi connectivity index (χ1v) is 9.39. The van der Waals surface area contributed by atoms with E-state index < -0.39 is 0 Å². The Kier molecular flexibility index (Phi) is 6.36. The van der Waals surface area contributed by atoms with Crippen molar-refractivity contribution in [2.24, 2.45) is 5.92 Å². The van der Waals surface area contributed by atoms with Crippen molar-refractivity contribution in [1.29, 1.82) is 0 Å². The number of carbonyl (C=O) groups excluding carboxylic acids is 2. The number of aromatic nitrogens is 1. The number of benzene rings is 1. The van der Waals surface area contributed by atoms with Gasteiger partial charge in [0.1, 0.15) is 0 Å². The van der Waals surface area contributed by atoms with Gasteiger partial charge in [0.05, 0.1) is 5.56 Å². The topological polar surface area (TPSA) is 71.1 Å². The molecular weight excluding hydrogens is 338 g/mol. The molecule has 1 heterocycles. The van der Waals surface area contributed by atoms with Crippen molar-refractivity contribution in [2.45, 2.75) is 39.2 Å². The molecule has 1 fully saturated rings. The summed E-state index contributed by atoms with van der Waals surface area (Å²) in [5, 5.41) is 5.82. The Bertz CT molecular complexity index is 824. The fourth-order valence-corrected chi connectivity index (χ4v) is 3.43. The molecule has 2 aromatic rings. The van der Waals surface area contributed by atoms with Crippen LogP contribution in [0.4, 0.5) is 5.69 Å². The summed E-state index contributed by atoms with van der Waals surface area (Å²) in [7, 11) is 0. The third kappa shape index (κ3) is 5.26. The number of carbonyl (C=O) groups is 2.